The highest BCUT2D eigenvalue weighted by Crippen LogP contribution is 2.40. The van der Waals surface area contributed by atoms with Crippen molar-refractivity contribution in [1.29, 1.82) is 0 Å². The second kappa shape index (κ2) is 30.7. The van der Waals surface area contributed by atoms with Crippen LogP contribution in [0, 0.1) is 17.8 Å². The van der Waals surface area contributed by atoms with Gasteiger partial charge in [-0.15, -0.1) is 0 Å². The SMILES string of the molecule is COC(=O)CNC(=O)CC(CCCC1CCCCC1)NC(=O)c1cc(-c2c(OC)cccc2OC)n(CC(C)C)n1.COc1cccc(OC)c1-c1cc(C(=O)NC(CCc2ccccc2)C(=O)NC2CCC2)nn1CC(C)C. The number of esters is 1. The minimum Gasteiger partial charge on any atom is -0.496 e. The Hall–Kier alpha value is -7.37. The fourth-order valence-corrected chi connectivity index (χ4v) is 10.1. The van der Waals surface area contributed by atoms with Crippen molar-refractivity contribution in [3.63, 3.8) is 0 Å². The Labute approximate surface area is 466 Å². The lowest BCUT2D eigenvalue weighted by atomic mass is 9.85. The van der Waals surface area contributed by atoms with E-state index >= 15 is 0 Å². The van der Waals surface area contributed by atoms with Gasteiger partial charge in [0, 0.05) is 31.6 Å². The molecule has 0 radical (unpaired) electrons. The largest absolute Gasteiger partial charge is 0.496 e. The van der Waals surface area contributed by atoms with Crippen molar-refractivity contribution in [1.82, 2.24) is 40.8 Å². The third-order valence-corrected chi connectivity index (χ3v) is 14.4. The van der Waals surface area contributed by atoms with Gasteiger partial charge in [0.2, 0.25) is 11.8 Å². The van der Waals surface area contributed by atoms with Gasteiger partial charge in [-0.05, 0) is 98.2 Å². The molecular formula is C61H84N8O10. The van der Waals surface area contributed by atoms with E-state index in [0.717, 1.165) is 54.5 Å². The third kappa shape index (κ3) is 17.8. The monoisotopic (exact) mass is 1090 g/mol. The van der Waals surface area contributed by atoms with Gasteiger partial charge in [-0.3, -0.25) is 33.3 Å². The number of amides is 4. The van der Waals surface area contributed by atoms with E-state index in [4.69, 9.17) is 18.9 Å². The molecule has 428 valence electrons. The highest BCUT2D eigenvalue weighted by molar-refractivity contribution is 5.97. The normalized spacial score (nSPS) is 14.2. The van der Waals surface area contributed by atoms with Crippen LogP contribution in [0.2, 0.25) is 0 Å². The summed E-state index contributed by atoms with van der Waals surface area (Å²) in [6, 6.07) is 23.7. The van der Waals surface area contributed by atoms with Crippen molar-refractivity contribution < 1.29 is 47.7 Å². The summed E-state index contributed by atoms with van der Waals surface area (Å²) >= 11 is 0. The van der Waals surface area contributed by atoms with E-state index in [-0.39, 0.29) is 65.9 Å². The first-order chi connectivity index (χ1) is 38.1. The lowest BCUT2D eigenvalue weighted by Gasteiger charge is -2.29. The van der Waals surface area contributed by atoms with E-state index in [9.17, 15) is 24.0 Å². The molecule has 18 heteroatoms. The van der Waals surface area contributed by atoms with Crippen LogP contribution in [0.4, 0.5) is 0 Å². The first kappa shape index (κ1) is 60.9. The zero-order chi connectivity index (χ0) is 56.8. The molecule has 3 aromatic carbocycles. The number of rotatable bonds is 27. The minimum absolute atomic E-state index is 0.0628. The maximum Gasteiger partial charge on any atom is 0.325 e. The molecule has 2 atom stereocenters. The summed E-state index contributed by atoms with van der Waals surface area (Å²) in [5.41, 5.74) is 4.50. The van der Waals surface area contributed by atoms with Gasteiger partial charge in [-0.2, -0.15) is 10.2 Å². The van der Waals surface area contributed by atoms with Gasteiger partial charge in [-0.1, -0.05) is 115 Å². The second-order valence-electron chi connectivity index (χ2n) is 21.4. The molecule has 7 rings (SSSR count). The molecular weight excluding hydrogens is 1000 g/mol. The predicted molar refractivity (Wildman–Crippen MR) is 304 cm³/mol. The highest BCUT2D eigenvalue weighted by atomic mass is 16.5. The number of nitrogens with zero attached hydrogens (tertiary/aromatic N) is 4. The van der Waals surface area contributed by atoms with Gasteiger partial charge in [0.15, 0.2) is 11.4 Å². The van der Waals surface area contributed by atoms with Crippen LogP contribution < -0.4 is 40.2 Å². The molecule has 79 heavy (non-hydrogen) atoms. The molecule has 2 saturated carbocycles. The van der Waals surface area contributed by atoms with Crippen molar-refractivity contribution in [3.8, 4) is 45.5 Å². The minimum atomic E-state index is -0.664. The molecule has 4 amide bonds. The van der Waals surface area contributed by atoms with Crippen LogP contribution in [-0.4, -0.2) is 109 Å². The highest BCUT2D eigenvalue weighted by Gasteiger charge is 2.30. The molecule has 5 aromatic rings. The average molecular weight is 1090 g/mol. The van der Waals surface area contributed by atoms with Crippen LogP contribution in [0.25, 0.3) is 22.5 Å². The Bertz CT molecular complexity index is 2720. The van der Waals surface area contributed by atoms with Gasteiger partial charge in [-0.25, -0.2) is 0 Å². The molecule has 2 unspecified atom stereocenters. The molecule has 18 nitrogen and oxygen atoms in total. The summed E-state index contributed by atoms with van der Waals surface area (Å²) in [5.74, 6) is 2.03. The van der Waals surface area contributed by atoms with Gasteiger partial charge < -0.3 is 45.0 Å². The molecule has 2 aromatic heterocycles. The van der Waals surface area contributed by atoms with Crippen molar-refractivity contribution in [2.75, 3.05) is 42.1 Å². The van der Waals surface area contributed by atoms with Gasteiger partial charge in [0.05, 0.1) is 58.1 Å². The van der Waals surface area contributed by atoms with E-state index in [1.54, 1.807) is 45.3 Å². The zero-order valence-corrected chi connectivity index (χ0v) is 47.9. The number of carbonyl (C=O) groups is 5. The Morgan fingerprint density at radius 3 is 1.61 bits per heavy atom. The first-order valence-electron chi connectivity index (χ1n) is 28.0. The maximum atomic E-state index is 13.6. The predicted octanol–water partition coefficient (Wildman–Crippen LogP) is 9.37. The number of methoxy groups -OCH3 is 5. The number of hydrogen-bond acceptors (Lipinski definition) is 12. The van der Waals surface area contributed by atoms with E-state index in [0.29, 0.717) is 67.0 Å². The number of benzene rings is 3. The molecule has 2 aliphatic carbocycles. The van der Waals surface area contributed by atoms with Crippen molar-refractivity contribution in [2.24, 2.45) is 17.8 Å². The van der Waals surface area contributed by atoms with Crippen LogP contribution >= 0.6 is 0 Å². The summed E-state index contributed by atoms with van der Waals surface area (Å²) in [7, 11) is 7.67. The fraction of sp³-hybridized carbons (Fsp3) is 0.525. The summed E-state index contributed by atoms with van der Waals surface area (Å²) in [6.07, 6.45) is 13.3. The average Bonchev–Trinajstić information content (AvgIpc) is 4.15. The fourth-order valence-electron chi connectivity index (χ4n) is 10.1. The van der Waals surface area contributed by atoms with Crippen molar-refractivity contribution in [2.45, 2.75) is 149 Å². The molecule has 0 bridgehead atoms. The number of nitrogens with one attached hydrogen (secondary N) is 4. The third-order valence-electron chi connectivity index (χ3n) is 14.4. The second-order valence-corrected chi connectivity index (χ2v) is 21.4. The van der Waals surface area contributed by atoms with Crippen LogP contribution in [0.1, 0.15) is 138 Å². The van der Waals surface area contributed by atoms with E-state index in [1.165, 1.54) is 39.2 Å². The lowest BCUT2D eigenvalue weighted by molar-refractivity contribution is -0.141. The molecule has 2 aliphatic rings. The Morgan fingerprint density at radius 1 is 0.620 bits per heavy atom. The van der Waals surface area contributed by atoms with Crippen LogP contribution in [0.15, 0.2) is 78.9 Å². The Kier molecular flexibility index (Phi) is 23.6. The topological polar surface area (TPSA) is 215 Å². The van der Waals surface area contributed by atoms with Crippen molar-refractivity contribution >= 4 is 29.6 Å². The number of carbonyl (C=O) groups excluding carboxylic acids is 5. The Balaban J connectivity index is 0.000000256. The number of aromatic nitrogens is 4. The maximum absolute atomic E-state index is 13.6. The molecule has 0 saturated heterocycles. The summed E-state index contributed by atoms with van der Waals surface area (Å²) < 4.78 is 30.7. The Morgan fingerprint density at radius 2 is 1.14 bits per heavy atom. The van der Waals surface area contributed by atoms with Crippen LogP contribution in [0.3, 0.4) is 0 Å². The summed E-state index contributed by atoms with van der Waals surface area (Å²) in [6.45, 7) is 9.33. The molecule has 0 spiro atoms. The number of aryl methyl sites for hydroxylation is 1. The van der Waals surface area contributed by atoms with E-state index in [2.05, 4.69) is 63.9 Å². The van der Waals surface area contributed by atoms with Gasteiger partial charge in [0.1, 0.15) is 35.6 Å². The quantitative estimate of drug-likeness (QED) is 0.0362. The lowest BCUT2D eigenvalue weighted by Crippen LogP contribution is -2.51. The van der Waals surface area contributed by atoms with Gasteiger partial charge in [0.25, 0.3) is 11.8 Å². The molecule has 2 fully saturated rings. The number of ether oxygens (including phenoxy) is 5. The van der Waals surface area contributed by atoms with Crippen LogP contribution in [-0.2, 0) is 38.6 Å². The van der Waals surface area contributed by atoms with Gasteiger partial charge >= 0.3 is 5.97 Å². The van der Waals surface area contributed by atoms with Crippen molar-refractivity contribution in [3.05, 3.63) is 95.8 Å². The zero-order valence-electron chi connectivity index (χ0n) is 47.9. The summed E-state index contributed by atoms with van der Waals surface area (Å²) in [4.78, 5) is 64.3. The molecule has 2 heterocycles. The van der Waals surface area contributed by atoms with E-state index in [1.807, 2.05) is 71.4 Å². The smallest absolute Gasteiger partial charge is 0.325 e. The summed E-state index contributed by atoms with van der Waals surface area (Å²) in [5, 5.41) is 21.0. The first-order valence-corrected chi connectivity index (χ1v) is 28.0. The number of hydrogen-bond donors (Lipinski definition) is 4. The molecule has 0 aliphatic heterocycles. The van der Waals surface area contributed by atoms with Crippen LogP contribution in [0.5, 0.6) is 23.0 Å². The van der Waals surface area contributed by atoms with E-state index < -0.39 is 18.1 Å². The molecule has 4 N–H and O–H groups in total. The standard InChI is InChI=1S/C31H46N4O6.C30H38N4O4/c1-21(2)20-35-25(30-26(39-3)15-10-16-27(30)40-4)18-24(34-35)31(38)33-23(17-28(36)32-19-29(37)41-5)14-9-13-22-11-7-6-8-12-22;1-20(2)19-34-25(28-26(37-3)14-9-15-27(28)38-4)18-24(33-34)30(36)32-23(29(35)31-22-12-8-13-22)17-16-21-10-6-5-7-11-21/h10,15-16,18,21-23H,6-9,11-14,17,19-20H2,1-5H3,(H,32,36)(H,33,38);5-7,9-11,14-15,18,20,22-23H,8,12-13,16-17,19H2,1-4H3,(H,31,35)(H,32,36).